The fourth-order valence-electron chi connectivity index (χ4n) is 1.98. The third-order valence-corrected chi connectivity index (χ3v) is 3.34. The Balaban J connectivity index is 2.23. The van der Waals surface area contributed by atoms with Gasteiger partial charge in [0.1, 0.15) is 17.1 Å². The van der Waals surface area contributed by atoms with E-state index in [9.17, 15) is 22.8 Å². The number of amides is 1. The highest BCUT2D eigenvalue weighted by Gasteiger charge is 2.40. The molecule has 1 fully saturated rings. The molecular formula is C10H9BrF3N3O2. The molecule has 1 atom stereocenters. The van der Waals surface area contributed by atoms with Crippen molar-refractivity contribution in [3.63, 3.8) is 0 Å². The molecule has 2 heterocycles. The lowest BCUT2D eigenvalue weighted by atomic mass is 10.2. The zero-order chi connectivity index (χ0) is 14.2. The van der Waals surface area contributed by atoms with Crippen molar-refractivity contribution in [2.24, 2.45) is 0 Å². The van der Waals surface area contributed by atoms with E-state index in [4.69, 9.17) is 0 Å². The Hall–Kier alpha value is -1.38. The Kier molecular flexibility index (Phi) is 3.66. The Labute approximate surface area is 114 Å². The summed E-state index contributed by atoms with van der Waals surface area (Å²) in [7, 11) is 0. The third kappa shape index (κ3) is 2.96. The van der Waals surface area contributed by atoms with E-state index in [1.54, 1.807) is 0 Å². The van der Waals surface area contributed by atoms with Crippen molar-refractivity contribution in [2.45, 2.75) is 18.6 Å². The number of alkyl halides is 3. The molecule has 9 heteroatoms. The predicted molar refractivity (Wildman–Crippen MR) is 62.5 cm³/mol. The SMILES string of the molecule is O=C1[C@H](n2cncc(Br)c2=O)CCN1CC(F)(F)F. The fraction of sp³-hybridized carbons (Fsp3) is 0.500. The van der Waals surface area contributed by atoms with Crippen LogP contribution in [0.2, 0.25) is 0 Å². The lowest BCUT2D eigenvalue weighted by Gasteiger charge is -2.18. The fourth-order valence-corrected chi connectivity index (χ4v) is 2.30. The summed E-state index contributed by atoms with van der Waals surface area (Å²) in [5, 5.41) is 0. The van der Waals surface area contributed by atoms with E-state index in [2.05, 4.69) is 20.9 Å². The summed E-state index contributed by atoms with van der Waals surface area (Å²) in [5.41, 5.74) is -0.484. The van der Waals surface area contributed by atoms with Crippen molar-refractivity contribution >= 4 is 21.8 Å². The maximum absolute atomic E-state index is 12.3. The van der Waals surface area contributed by atoms with Gasteiger partial charge in [-0.05, 0) is 22.4 Å². The molecule has 5 nitrogen and oxygen atoms in total. The van der Waals surface area contributed by atoms with E-state index in [1.165, 1.54) is 6.20 Å². The number of hydrogen-bond donors (Lipinski definition) is 0. The molecule has 0 N–H and O–H groups in total. The van der Waals surface area contributed by atoms with E-state index < -0.39 is 30.2 Å². The van der Waals surface area contributed by atoms with Crippen LogP contribution in [0.25, 0.3) is 0 Å². The molecule has 0 bridgehead atoms. The number of carbonyl (C=O) groups excluding carboxylic acids is 1. The zero-order valence-corrected chi connectivity index (χ0v) is 11.1. The molecule has 1 aromatic heterocycles. The Bertz CT molecular complexity index is 558. The van der Waals surface area contributed by atoms with Gasteiger partial charge in [0.25, 0.3) is 5.56 Å². The van der Waals surface area contributed by atoms with Crippen LogP contribution in [0.15, 0.2) is 21.8 Å². The molecule has 1 saturated heterocycles. The third-order valence-electron chi connectivity index (χ3n) is 2.79. The van der Waals surface area contributed by atoms with E-state index in [-0.39, 0.29) is 17.4 Å². The summed E-state index contributed by atoms with van der Waals surface area (Å²) in [6.07, 6.45) is -1.85. The van der Waals surface area contributed by atoms with Crippen LogP contribution in [-0.4, -0.2) is 39.6 Å². The average molecular weight is 340 g/mol. The van der Waals surface area contributed by atoms with Gasteiger partial charge in [0.05, 0.1) is 6.33 Å². The number of hydrogen-bond acceptors (Lipinski definition) is 3. The van der Waals surface area contributed by atoms with Crippen molar-refractivity contribution in [3.05, 3.63) is 27.4 Å². The highest BCUT2D eigenvalue weighted by atomic mass is 79.9. The Morgan fingerprint density at radius 3 is 2.74 bits per heavy atom. The second kappa shape index (κ2) is 4.95. The Morgan fingerprint density at radius 1 is 1.42 bits per heavy atom. The summed E-state index contributed by atoms with van der Waals surface area (Å²) < 4.78 is 38.0. The van der Waals surface area contributed by atoms with Gasteiger partial charge < -0.3 is 4.90 Å². The molecule has 1 amide bonds. The summed E-state index contributed by atoms with van der Waals surface area (Å²) in [6.45, 7) is -1.32. The minimum absolute atomic E-state index is 0.0258. The van der Waals surface area contributed by atoms with Gasteiger partial charge in [-0.2, -0.15) is 13.2 Å². The van der Waals surface area contributed by atoms with Gasteiger partial charge in [-0.15, -0.1) is 0 Å². The van der Waals surface area contributed by atoms with Crippen LogP contribution in [-0.2, 0) is 4.79 Å². The second-order valence-corrected chi connectivity index (χ2v) is 4.99. The molecule has 0 radical (unpaired) electrons. The normalized spacial score (nSPS) is 20.1. The van der Waals surface area contributed by atoms with Crippen molar-refractivity contribution in [1.82, 2.24) is 14.5 Å². The number of carbonyl (C=O) groups is 1. The standard InChI is InChI=1S/C10H9BrF3N3O2/c11-6-3-15-5-17(8(6)18)7-1-2-16(9(7)19)4-10(12,13)14/h3,5,7H,1-2,4H2/t7-/m1/s1. The second-order valence-electron chi connectivity index (χ2n) is 4.13. The van der Waals surface area contributed by atoms with Crippen molar-refractivity contribution in [2.75, 3.05) is 13.1 Å². The van der Waals surface area contributed by atoms with E-state index >= 15 is 0 Å². The van der Waals surface area contributed by atoms with Gasteiger partial charge in [-0.1, -0.05) is 0 Å². The van der Waals surface area contributed by atoms with Crippen LogP contribution in [0.3, 0.4) is 0 Å². The van der Waals surface area contributed by atoms with Crippen molar-refractivity contribution in [1.29, 1.82) is 0 Å². The van der Waals surface area contributed by atoms with Crippen LogP contribution in [0.5, 0.6) is 0 Å². The zero-order valence-electron chi connectivity index (χ0n) is 9.52. The summed E-state index contributed by atoms with van der Waals surface area (Å²) >= 11 is 2.98. The molecule has 1 aromatic rings. The molecular weight excluding hydrogens is 331 g/mol. The van der Waals surface area contributed by atoms with E-state index in [1.807, 2.05) is 0 Å². The average Bonchev–Trinajstić information content (AvgIpc) is 2.63. The minimum Gasteiger partial charge on any atom is -0.332 e. The molecule has 0 saturated carbocycles. The maximum atomic E-state index is 12.3. The molecule has 0 aromatic carbocycles. The summed E-state index contributed by atoms with van der Waals surface area (Å²) in [6, 6.07) is -0.917. The van der Waals surface area contributed by atoms with Crippen LogP contribution < -0.4 is 5.56 Å². The van der Waals surface area contributed by atoms with Gasteiger partial charge in [0.15, 0.2) is 0 Å². The number of nitrogens with zero attached hydrogens (tertiary/aromatic N) is 3. The van der Waals surface area contributed by atoms with Gasteiger partial charge >= 0.3 is 6.18 Å². The molecule has 19 heavy (non-hydrogen) atoms. The lowest BCUT2D eigenvalue weighted by molar-refractivity contribution is -0.158. The first kappa shape index (κ1) is 14.0. The maximum Gasteiger partial charge on any atom is 0.406 e. The Morgan fingerprint density at radius 2 is 2.11 bits per heavy atom. The molecule has 1 aliphatic heterocycles. The van der Waals surface area contributed by atoms with Crippen LogP contribution in [0.4, 0.5) is 13.2 Å². The smallest absolute Gasteiger partial charge is 0.332 e. The number of rotatable bonds is 2. The largest absolute Gasteiger partial charge is 0.406 e. The highest BCUT2D eigenvalue weighted by Crippen LogP contribution is 2.26. The first-order chi connectivity index (χ1) is 8.79. The van der Waals surface area contributed by atoms with Gasteiger partial charge in [0.2, 0.25) is 5.91 Å². The quantitative estimate of drug-likeness (QED) is 0.817. The first-order valence-electron chi connectivity index (χ1n) is 5.37. The number of likely N-dealkylation sites (tertiary alicyclic amines) is 1. The van der Waals surface area contributed by atoms with E-state index in [0.717, 1.165) is 10.9 Å². The number of aromatic nitrogens is 2. The van der Waals surface area contributed by atoms with Gasteiger partial charge in [-0.3, -0.25) is 14.2 Å². The summed E-state index contributed by atoms with van der Waals surface area (Å²) in [5.74, 6) is -0.709. The van der Waals surface area contributed by atoms with Gasteiger partial charge in [0, 0.05) is 12.7 Å². The van der Waals surface area contributed by atoms with Crippen LogP contribution in [0.1, 0.15) is 12.5 Å². The molecule has 2 rings (SSSR count). The minimum atomic E-state index is -4.44. The molecule has 0 spiro atoms. The molecule has 0 aliphatic carbocycles. The van der Waals surface area contributed by atoms with E-state index in [0.29, 0.717) is 4.90 Å². The van der Waals surface area contributed by atoms with Crippen molar-refractivity contribution < 1.29 is 18.0 Å². The lowest BCUT2D eigenvalue weighted by Crippen LogP contribution is -2.38. The number of halogens is 4. The first-order valence-corrected chi connectivity index (χ1v) is 6.16. The molecule has 1 aliphatic rings. The summed E-state index contributed by atoms with van der Waals surface area (Å²) in [4.78, 5) is 28.1. The predicted octanol–water partition coefficient (Wildman–Crippen LogP) is 1.34. The van der Waals surface area contributed by atoms with Crippen molar-refractivity contribution in [3.8, 4) is 0 Å². The molecule has 104 valence electrons. The monoisotopic (exact) mass is 339 g/mol. The highest BCUT2D eigenvalue weighted by molar-refractivity contribution is 9.10. The molecule has 0 unspecified atom stereocenters. The topological polar surface area (TPSA) is 55.2 Å². The van der Waals surface area contributed by atoms with Crippen LogP contribution in [0, 0.1) is 0 Å². The van der Waals surface area contributed by atoms with Gasteiger partial charge in [-0.25, -0.2) is 4.98 Å². The van der Waals surface area contributed by atoms with Crippen LogP contribution >= 0.6 is 15.9 Å².